The van der Waals surface area contributed by atoms with Crippen molar-refractivity contribution in [2.45, 2.75) is 26.2 Å². The molecule has 0 N–H and O–H groups in total. The maximum absolute atomic E-state index is 12.5. The molecule has 0 atom stereocenters. The van der Waals surface area contributed by atoms with Gasteiger partial charge in [0.1, 0.15) is 11.8 Å². The minimum atomic E-state index is 0.163. The van der Waals surface area contributed by atoms with Gasteiger partial charge in [0.2, 0.25) is 0 Å². The van der Waals surface area contributed by atoms with Gasteiger partial charge in [-0.15, -0.1) is 0 Å². The first kappa shape index (κ1) is 13.4. The van der Waals surface area contributed by atoms with Crippen LogP contribution < -0.4 is 0 Å². The van der Waals surface area contributed by atoms with Gasteiger partial charge in [-0.1, -0.05) is 31.5 Å². The molecule has 2 aromatic rings. The molecule has 0 bridgehead atoms. The number of rotatable bonds is 6. The minimum absolute atomic E-state index is 0.163. The van der Waals surface area contributed by atoms with Crippen molar-refractivity contribution < 1.29 is 9.21 Å². The van der Waals surface area contributed by atoms with Crippen LogP contribution in [0.1, 0.15) is 36.5 Å². The highest BCUT2D eigenvalue weighted by Crippen LogP contribution is 2.27. The number of carbonyl (C=O) groups excluding carboxylic acids is 1. The molecule has 3 nitrogen and oxygen atoms in total. The summed E-state index contributed by atoms with van der Waals surface area (Å²) >= 11 is 0. The second kappa shape index (κ2) is 5.80. The van der Waals surface area contributed by atoms with Crippen molar-refractivity contribution in [3.05, 3.63) is 36.1 Å². The van der Waals surface area contributed by atoms with Crippen molar-refractivity contribution in [3.8, 4) is 0 Å². The Morgan fingerprint density at radius 2 is 2.15 bits per heavy atom. The Labute approximate surface area is 119 Å². The zero-order valence-electron chi connectivity index (χ0n) is 12.0. The molecular formula is C17H21NO2. The highest BCUT2D eigenvalue weighted by Gasteiger charge is 2.22. The summed E-state index contributed by atoms with van der Waals surface area (Å²) in [4.78, 5) is 14.7. The van der Waals surface area contributed by atoms with E-state index in [-0.39, 0.29) is 5.78 Å². The molecule has 0 saturated heterocycles. The first-order valence-corrected chi connectivity index (χ1v) is 7.49. The molecule has 1 aliphatic carbocycles. The van der Waals surface area contributed by atoms with Crippen LogP contribution in [-0.4, -0.2) is 30.3 Å². The zero-order chi connectivity index (χ0) is 13.9. The van der Waals surface area contributed by atoms with Crippen molar-refractivity contribution in [2.75, 3.05) is 19.6 Å². The Bertz CT molecular complexity index is 598. The monoisotopic (exact) mass is 271 g/mol. The molecule has 0 spiro atoms. The van der Waals surface area contributed by atoms with E-state index in [0.29, 0.717) is 12.1 Å². The molecule has 3 rings (SSSR count). The lowest BCUT2D eigenvalue weighted by Gasteiger charge is -2.31. The predicted molar refractivity (Wildman–Crippen MR) is 80.0 cm³/mol. The summed E-state index contributed by atoms with van der Waals surface area (Å²) in [7, 11) is 0. The maximum atomic E-state index is 12.5. The highest BCUT2D eigenvalue weighted by molar-refractivity contribution is 6.08. The fourth-order valence-corrected chi connectivity index (χ4v) is 2.83. The van der Waals surface area contributed by atoms with Crippen LogP contribution in [0.3, 0.4) is 0 Å². The summed E-state index contributed by atoms with van der Waals surface area (Å²) in [6.07, 6.45) is 5.59. The molecule has 1 aromatic carbocycles. The number of carbonyl (C=O) groups is 1. The van der Waals surface area contributed by atoms with Crippen molar-refractivity contribution >= 4 is 16.8 Å². The maximum Gasteiger partial charge on any atom is 0.180 e. The molecule has 0 aliphatic heterocycles. The van der Waals surface area contributed by atoms with E-state index in [9.17, 15) is 4.79 Å². The van der Waals surface area contributed by atoms with Gasteiger partial charge in [-0.2, -0.15) is 0 Å². The fourth-order valence-electron chi connectivity index (χ4n) is 2.83. The number of likely N-dealkylation sites (N-methyl/N-ethyl adjacent to an activating group) is 1. The van der Waals surface area contributed by atoms with Crippen LogP contribution in [0.25, 0.3) is 11.0 Å². The van der Waals surface area contributed by atoms with Crippen LogP contribution in [0.2, 0.25) is 0 Å². The molecule has 0 radical (unpaired) electrons. The summed E-state index contributed by atoms with van der Waals surface area (Å²) in [5.74, 6) is 0.958. The van der Waals surface area contributed by atoms with Gasteiger partial charge in [-0.25, -0.2) is 0 Å². The number of hydrogen-bond acceptors (Lipinski definition) is 3. The predicted octanol–water partition coefficient (Wildman–Crippen LogP) is 3.74. The summed E-state index contributed by atoms with van der Waals surface area (Å²) < 4.78 is 5.46. The van der Waals surface area contributed by atoms with E-state index in [0.717, 1.165) is 30.0 Å². The Kier molecular flexibility index (Phi) is 3.88. The van der Waals surface area contributed by atoms with Gasteiger partial charge in [0.15, 0.2) is 5.78 Å². The van der Waals surface area contributed by atoms with Gasteiger partial charge in [0, 0.05) is 11.9 Å². The summed E-state index contributed by atoms with van der Waals surface area (Å²) in [6, 6.07) is 7.72. The third-order valence-corrected chi connectivity index (χ3v) is 4.34. The third kappa shape index (κ3) is 2.63. The standard InChI is InChI=1S/C17H21NO2/c1-2-18(10-13-6-5-7-13)11-16(19)15-12-20-17-9-4-3-8-14(15)17/h3-4,8-9,12-13H,2,5-7,10-11H2,1H3. The number of nitrogens with zero attached hydrogens (tertiary/aromatic N) is 1. The normalized spacial score (nSPS) is 15.7. The number of Topliss-reactive ketones (excluding diaryl/α,β-unsaturated/α-hetero) is 1. The quantitative estimate of drug-likeness (QED) is 0.750. The smallest absolute Gasteiger partial charge is 0.180 e. The molecule has 3 heteroatoms. The second-order valence-electron chi connectivity index (χ2n) is 5.69. The largest absolute Gasteiger partial charge is 0.464 e. The molecule has 20 heavy (non-hydrogen) atoms. The number of ketones is 1. The Hall–Kier alpha value is -1.61. The van der Waals surface area contributed by atoms with Crippen molar-refractivity contribution in [1.82, 2.24) is 4.90 Å². The lowest BCUT2D eigenvalue weighted by atomic mass is 9.85. The van der Waals surface area contributed by atoms with E-state index < -0.39 is 0 Å². The van der Waals surface area contributed by atoms with Crippen LogP contribution >= 0.6 is 0 Å². The van der Waals surface area contributed by atoms with E-state index >= 15 is 0 Å². The fraction of sp³-hybridized carbons (Fsp3) is 0.471. The SMILES string of the molecule is CCN(CC(=O)c1coc2ccccc12)CC1CCC1. The van der Waals surface area contributed by atoms with Gasteiger partial charge in [-0.05, 0) is 31.4 Å². The molecule has 0 amide bonds. The molecule has 0 unspecified atom stereocenters. The van der Waals surface area contributed by atoms with Crippen molar-refractivity contribution in [2.24, 2.45) is 5.92 Å². The highest BCUT2D eigenvalue weighted by atomic mass is 16.3. The number of hydrogen-bond donors (Lipinski definition) is 0. The molecule has 1 fully saturated rings. The molecule has 106 valence electrons. The summed E-state index contributed by atoms with van der Waals surface area (Å²) in [5, 5.41) is 0.928. The Morgan fingerprint density at radius 1 is 1.35 bits per heavy atom. The van der Waals surface area contributed by atoms with E-state index in [1.54, 1.807) is 6.26 Å². The first-order valence-electron chi connectivity index (χ1n) is 7.49. The summed E-state index contributed by atoms with van der Waals surface area (Å²) in [5.41, 5.74) is 1.51. The molecule has 1 aliphatic rings. The van der Waals surface area contributed by atoms with Gasteiger partial charge in [-0.3, -0.25) is 9.69 Å². The molecular weight excluding hydrogens is 250 g/mol. The Balaban J connectivity index is 1.71. The van der Waals surface area contributed by atoms with Gasteiger partial charge >= 0.3 is 0 Å². The topological polar surface area (TPSA) is 33.5 Å². The van der Waals surface area contributed by atoms with Crippen LogP contribution in [0.15, 0.2) is 34.9 Å². The van der Waals surface area contributed by atoms with Gasteiger partial charge in [0.25, 0.3) is 0 Å². The molecule has 1 saturated carbocycles. The first-order chi connectivity index (χ1) is 9.78. The van der Waals surface area contributed by atoms with Crippen LogP contribution in [0.4, 0.5) is 0 Å². The van der Waals surface area contributed by atoms with Crippen LogP contribution in [-0.2, 0) is 0 Å². The minimum Gasteiger partial charge on any atom is -0.464 e. The van der Waals surface area contributed by atoms with Crippen molar-refractivity contribution in [3.63, 3.8) is 0 Å². The lowest BCUT2D eigenvalue weighted by Crippen LogP contribution is -2.36. The number of fused-ring (bicyclic) bond motifs is 1. The zero-order valence-corrected chi connectivity index (χ0v) is 12.0. The van der Waals surface area contributed by atoms with Crippen LogP contribution in [0, 0.1) is 5.92 Å². The van der Waals surface area contributed by atoms with Gasteiger partial charge in [0.05, 0.1) is 12.1 Å². The van der Waals surface area contributed by atoms with Gasteiger partial charge < -0.3 is 4.42 Å². The average Bonchev–Trinajstić information content (AvgIpc) is 2.85. The molecule has 1 aromatic heterocycles. The average molecular weight is 271 g/mol. The van der Waals surface area contributed by atoms with Crippen molar-refractivity contribution in [1.29, 1.82) is 0 Å². The number of benzene rings is 1. The van der Waals surface area contributed by atoms with E-state index in [2.05, 4.69) is 11.8 Å². The molecule has 1 heterocycles. The third-order valence-electron chi connectivity index (χ3n) is 4.34. The second-order valence-corrected chi connectivity index (χ2v) is 5.69. The van der Waals surface area contributed by atoms with E-state index in [4.69, 9.17) is 4.42 Å². The number of para-hydroxylation sites is 1. The van der Waals surface area contributed by atoms with E-state index in [1.807, 2.05) is 24.3 Å². The summed E-state index contributed by atoms with van der Waals surface area (Å²) in [6.45, 7) is 4.60. The van der Waals surface area contributed by atoms with E-state index in [1.165, 1.54) is 19.3 Å². The number of furan rings is 1. The Morgan fingerprint density at radius 3 is 2.85 bits per heavy atom. The van der Waals surface area contributed by atoms with Crippen LogP contribution in [0.5, 0.6) is 0 Å². The lowest BCUT2D eigenvalue weighted by molar-refractivity contribution is 0.0905.